The number of nitrogens with one attached hydrogen (secondary N) is 2. The second-order valence-electron chi connectivity index (χ2n) is 7.64. The maximum Gasteiger partial charge on any atom is 0.241 e. The quantitative estimate of drug-likeness (QED) is 0.809. The van der Waals surface area contributed by atoms with Crippen LogP contribution in [0.5, 0.6) is 0 Å². The van der Waals surface area contributed by atoms with E-state index >= 15 is 0 Å². The molecule has 1 aromatic carbocycles. The molecule has 1 saturated heterocycles. The summed E-state index contributed by atoms with van der Waals surface area (Å²) in [6.45, 7) is 9.72. The van der Waals surface area contributed by atoms with Crippen LogP contribution >= 0.6 is 0 Å². The zero-order chi connectivity index (χ0) is 18.7. The number of carbonyl (C=O) groups excluding carboxylic acids is 2. The van der Waals surface area contributed by atoms with Crippen LogP contribution in [0.2, 0.25) is 0 Å². The number of nitrogens with zero attached hydrogens (tertiary/aromatic N) is 2. The zero-order valence-electron chi connectivity index (χ0n) is 16.0. The predicted octanol–water partition coefficient (Wildman–Crippen LogP) is 1.53. The fourth-order valence-electron chi connectivity index (χ4n) is 3.37. The number of piperazine rings is 1. The maximum absolute atomic E-state index is 12.6. The molecular weight excluding hydrogens is 328 g/mol. The third kappa shape index (κ3) is 5.05. The molecule has 2 aliphatic rings. The first-order valence-electron chi connectivity index (χ1n) is 9.56. The normalized spacial score (nSPS) is 19.8. The highest BCUT2D eigenvalue weighted by atomic mass is 16.2. The molecule has 1 saturated carbocycles. The number of aryl methyl sites for hydroxylation is 2. The second-order valence-corrected chi connectivity index (χ2v) is 7.64. The van der Waals surface area contributed by atoms with Crippen molar-refractivity contribution in [3.05, 3.63) is 29.3 Å². The molecule has 6 heteroatoms. The van der Waals surface area contributed by atoms with E-state index in [1.165, 1.54) is 5.56 Å². The summed E-state index contributed by atoms with van der Waals surface area (Å²) >= 11 is 0. The number of hydrogen-bond donors (Lipinski definition) is 2. The van der Waals surface area contributed by atoms with Crippen LogP contribution in [0, 0.1) is 13.8 Å². The summed E-state index contributed by atoms with van der Waals surface area (Å²) in [4.78, 5) is 28.9. The van der Waals surface area contributed by atoms with Crippen molar-refractivity contribution in [2.24, 2.45) is 0 Å². The lowest BCUT2D eigenvalue weighted by Crippen LogP contribution is -2.54. The molecule has 3 rings (SSSR count). The topological polar surface area (TPSA) is 64.7 Å². The van der Waals surface area contributed by atoms with Crippen LogP contribution in [-0.4, -0.2) is 66.4 Å². The SMILES string of the molecule is Cc1ccc(NC(=O)[C@H](C)N2CCN(CC(=O)NC3CC3)CC2)c(C)c1. The Morgan fingerprint density at radius 3 is 2.46 bits per heavy atom. The standard InChI is InChI=1S/C20H30N4O2/c1-14-4-7-18(15(2)12-14)22-20(26)16(3)24-10-8-23(9-11-24)13-19(25)21-17-5-6-17/h4,7,12,16-17H,5-6,8-11,13H2,1-3H3,(H,21,25)(H,22,26)/t16-/m0/s1. The number of amides is 2. The van der Waals surface area contributed by atoms with Gasteiger partial charge in [0.1, 0.15) is 0 Å². The Bertz CT molecular complexity index is 664. The molecule has 2 fully saturated rings. The molecule has 2 amide bonds. The highest BCUT2D eigenvalue weighted by Gasteiger charge is 2.28. The summed E-state index contributed by atoms with van der Waals surface area (Å²) in [6.07, 6.45) is 2.24. The largest absolute Gasteiger partial charge is 0.352 e. The molecule has 6 nitrogen and oxygen atoms in total. The fraction of sp³-hybridized carbons (Fsp3) is 0.600. The van der Waals surface area contributed by atoms with E-state index in [1.54, 1.807) is 0 Å². The van der Waals surface area contributed by atoms with Gasteiger partial charge in [0.05, 0.1) is 12.6 Å². The van der Waals surface area contributed by atoms with Gasteiger partial charge in [-0.3, -0.25) is 19.4 Å². The lowest BCUT2D eigenvalue weighted by molar-refractivity contribution is -0.124. The van der Waals surface area contributed by atoms with Crippen LogP contribution < -0.4 is 10.6 Å². The lowest BCUT2D eigenvalue weighted by atomic mass is 10.1. The van der Waals surface area contributed by atoms with Gasteiger partial charge in [-0.05, 0) is 45.2 Å². The van der Waals surface area contributed by atoms with Crippen LogP contribution in [0.3, 0.4) is 0 Å². The van der Waals surface area contributed by atoms with E-state index in [2.05, 4.69) is 26.5 Å². The lowest BCUT2D eigenvalue weighted by Gasteiger charge is -2.37. The molecule has 0 spiro atoms. The Morgan fingerprint density at radius 2 is 1.85 bits per heavy atom. The molecule has 1 aliphatic carbocycles. The summed E-state index contributed by atoms with van der Waals surface area (Å²) in [5.41, 5.74) is 3.15. The molecule has 1 aromatic rings. The monoisotopic (exact) mass is 358 g/mol. The molecular formula is C20H30N4O2. The number of anilines is 1. The highest BCUT2D eigenvalue weighted by molar-refractivity contribution is 5.95. The Hall–Kier alpha value is -1.92. The number of hydrogen-bond acceptors (Lipinski definition) is 4. The Morgan fingerprint density at radius 1 is 1.15 bits per heavy atom. The number of carbonyl (C=O) groups is 2. The predicted molar refractivity (Wildman–Crippen MR) is 103 cm³/mol. The van der Waals surface area contributed by atoms with Crippen LogP contribution in [0.15, 0.2) is 18.2 Å². The Labute approximate surface area is 155 Å². The summed E-state index contributed by atoms with van der Waals surface area (Å²) < 4.78 is 0. The van der Waals surface area contributed by atoms with Crippen molar-refractivity contribution in [1.82, 2.24) is 15.1 Å². The maximum atomic E-state index is 12.6. The summed E-state index contributed by atoms with van der Waals surface area (Å²) in [5.74, 6) is 0.151. The van der Waals surface area contributed by atoms with Crippen molar-refractivity contribution < 1.29 is 9.59 Å². The second kappa shape index (κ2) is 8.18. The van der Waals surface area contributed by atoms with Crippen LogP contribution in [0.4, 0.5) is 5.69 Å². The molecule has 142 valence electrons. The van der Waals surface area contributed by atoms with Gasteiger partial charge in [0, 0.05) is 37.9 Å². The average Bonchev–Trinajstić information content (AvgIpc) is 3.41. The molecule has 1 heterocycles. The van der Waals surface area contributed by atoms with Gasteiger partial charge in [-0.2, -0.15) is 0 Å². The molecule has 1 aliphatic heterocycles. The van der Waals surface area contributed by atoms with Crippen molar-refractivity contribution in [1.29, 1.82) is 0 Å². The van der Waals surface area contributed by atoms with Crippen LogP contribution in [0.1, 0.15) is 30.9 Å². The summed E-state index contributed by atoms with van der Waals surface area (Å²) in [5, 5.41) is 6.08. The van der Waals surface area contributed by atoms with Gasteiger partial charge in [-0.1, -0.05) is 17.7 Å². The summed E-state index contributed by atoms with van der Waals surface area (Å²) in [7, 11) is 0. The summed E-state index contributed by atoms with van der Waals surface area (Å²) in [6, 6.07) is 6.28. The Kier molecular flexibility index (Phi) is 5.94. The third-order valence-electron chi connectivity index (χ3n) is 5.28. The zero-order valence-corrected chi connectivity index (χ0v) is 16.0. The first-order chi connectivity index (χ1) is 12.4. The number of rotatable bonds is 6. The van der Waals surface area contributed by atoms with E-state index in [1.807, 2.05) is 32.9 Å². The molecule has 26 heavy (non-hydrogen) atoms. The van der Waals surface area contributed by atoms with Crippen molar-refractivity contribution in [2.75, 3.05) is 38.0 Å². The van der Waals surface area contributed by atoms with E-state index in [9.17, 15) is 9.59 Å². The van der Waals surface area contributed by atoms with Gasteiger partial charge in [-0.15, -0.1) is 0 Å². The number of benzene rings is 1. The average molecular weight is 358 g/mol. The van der Waals surface area contributed by atoms with Gasteiger partial charge in [-0.25, -0.2) is 0 Å². The van der Waals surface area contributed by atoms with Gasteiger partial charge >= 0.3 is 0 Å². The van der Waals surface area contributed by atoms with Crippen molar-refractivity contribution in [3.8, 4) is 0 Å². The van der Waals surface area contributed by atoms with Gasteiger partial charge in [0.25, 0.3) is 0 Å². The van der Waals surface area contributed by atoms with E-state index in [0.29, 0.717) is 12.6 Å². The molecule has 0 bridgehead atoms. The molecule has 0 unspecified atom stereocenters. The minimum absolute atomic E-state index is 0.0249. The minimum Gasteiger partial charge on any atom is -0.352 e. The minimum atomic E-state index is -0.182. The van der Waals surface area contributed by atoms with E-state index < -0.39 is 0 Å². The van der Waals surface area contributed by atoms with Gasteiger partial charge in [0.2, 0.25) is 11.8 Å². The van der Waals surface area contributed by atoms with Crippen molar-refractivity contribution in [2.45, 2.75) is 45.7 Å². The van der Waals surface area contributed by atoms with Crippen molar-refractivity contribution in [3.63, 3.8) is 0 Å². The van der Waals surface area contributed by atoms with E-state index in [0.717, 1.165) is 50.3 Å². The van der Waals surface area contributed by atoms with Crippen LogP contribution in [0.25, 0.3) is 0 Å². The third-order valence-corrected chi connectivity index (χ3v) is 5.28. The van der Waals surface area contributed by atoms with Gasteiger partial charge in [0.15, 0.2) is 0 Å². The molecule has 1 atom stereocenters. The van der Waals surface area contributed by atoms with E-state index in [4.69, 9.17) is 0 Å². The first kappa shape index (κ1) is 18.9. The first-order valence-corrected chi connectivity index (χ1v) is 9.56. The van der Waals surface area contributed by atoms with Crippen LogP contribution in [-0.2, 0) is 9.59 Å². The molecule has 0 aromatic heterocycles. The van der Waals surface area contributed by atoms with Crippen molar-refractivity contribution >= 4 is 17.5 Å². The fourth-order valence-corrected chi connectivity index (χ4v) is 3.37. The van der Waals surface area contributed by atoms with Gasteiger partial charge < -0.3 is 10.6 Å². The molecule has 0 radical (unpaired) electrons. The highest BCUT2D eigenvalue weighted by Crippen LogP contribution is 2.19. The molecule has 2 N–H and O–H groups in total. The smallest absolute Gasteiger partial charge is 0.241 e. The van der Waals surface area contributed by atoms with E-state index in [-0.39, 0.29) is 17.9 Å². The Balaban J connectivity index is 1.45.